The second kappa shape index (κ2) is 8.14. The van der Waals surface area contributed by atoms with Crippen molar-refractivity contribution < 1.29 is 15.7 Å². The summed E-state index contributed by atoms with van der Waals surface area (Å²) < 4.78 is 14.0. The normalized spacial score (nSPS) is 19.8. The van der Waals surface area contributed by atoms with Crippen molar-refractivity contribution >= 4 is 29.4 Å². The van der Waals surface area contributed by atoms with Gasteiger partial charge < -0.3 is 4.74 Å². The smallest absolute Gasteiger partial charge is 0.410 e. The quantitative estimate of drug-likeness (QED) is 0.821. The van der Waals surface area contributed by atoms with E-state index in [1.54, 1.807) is 0 Å². The summed E-state index contributed by atoms with van der Waals surface area (Å²) in [6.45, 7) is 0.344. The molecule has 1 aromatic carbocycles. The Morgan fingerprint density at radius 1 is 1.35 bits per heavy atom. The number of halogens is 1. The molecule has 0 N–H and O–H groups in total. The van der Waals surface area contributed by atoms with Gasteiger partial charge in [-0.15, -0.1) is 0 Å². The number of anilines is 1. The highest BCUT2D eigenvalue weighted by Gasteiger charge is 2.37. The molecular formula is C18H19ClN4O3. The van der Waals surface area contributed by atoms with Crippen molar-refractivity contribution in [3.8, 4) is 0 Å². The van der Waals surface area contributed by atoms with Gasteiger partial charge in [-0.05, 0) is 18.4 Å². The monoisotopic (exact) mass is 375 g/mol. The predicted octanol–water partition coefficient (Wildman–Crippen LogP) is 2.89. The molecule has 0 bridgehead atoms. The molecule has 0 aliphatic carbocycles. The number of likely N-dealkylation sites (N-methyl/N-ethyl adjacent to an activating group) is 1. The molecule has 2 aromatic rings. The molecule has 0 unspecified atom stereocenters. The molecule has 2 amide bonds. The van der Waals surface area contributed by atoms with Crippen molar-refractivity contribution in [2.24, 2.45) is 0 Å². The van der Waals surface area contributed by atoms with Crippen molar-refractivity contribution in [1.29, 1.82) is 0 Å². The van der Waals surface area contributed by atoms with Gasteiger partial charge in [0.15, 0.2) is 11.0 Å². The number of carbonyl (C=O) groups excluding carboxylic acids is 2. The lowest BCUT2D eigenvalue weighted by atomic mass is 10.2. The minimum Gasteiger partial charge on any atom is -0.445 e. The van der Waals surface area contributed by atoms with Gasteiger partial charge in [-0.1, -0.05) is 41.9 Å². The molecule has 26 heavy (non-hydrogen) atoms. The fourth-order valence-electron chi connectivity index (χ4n) is 2.72. The maximum absolute atomic E-state index is 13.0. The van der Waals surface area contributed by atoms with Crippen LogP contribution >= 0.6 is 11.6 Å². The summed E-state index contributed by atoms with van der Waals surface area (Å²) in [5, 5.41) is 0.0492. The molecule has 0 radical (unpaired) electrons. The van der Waals surface area contributed by atoms with E-state index in [0.717, 1.165) is 15.4 Å². The van der Waals surface area contributed by atoms with E-state index < -0.39 is 18.0 Å². The van der Waals surface area contributed by atoms with Crippen LogP contribution < -0.4 is 4.90 Å². The molecule has 2 heterocycles. The predicted molar refractivity (Wildman–Crippen MR) is 96.8 cm³/mol. The van der Waals surface area contributed by atoms with Gasteiger partial charge >= 0.3 is 6.09 Å². The molecule has 1 aromatic heterocycles. The van der Waals surface area contributed by atoms with Gasteiger partial charge in [0.25, 0.3) is 5.91 Å². The number of ether oxygens (including phenoxy) is 1. The van der Waals surface area contributed by atoms with Crippen LogP contribution in [0.2, 0.25) is 5.15 Å². The van der Waals surface area contributed by atoms with Crippen LogP contribution in [-0.4, -0.2) is 46.5 Å². The zero-order valence-corrected chi connectivity index (χ0v) is 15.0. The Morgan fingerprint density at radius 2 is 2.08 bits per heavy atom. The van der Waals surface area contributed by atoms with Gasteiger partial charge in [-0.2, -0.15) is 0 Å². The molecule has 1 atom stereocenters. The Kier molecular flexibility index (Phi) is 5.25. The van der Waals surface area contributed by atoms with E-state index in [0.29, 0.717) is 6.42 Å². The van der Waals surface area contributed by atoms with E-state index in [1.165, 1.54) is 19.4 Å². The van der Waals surface area contributed by atoms with Crippen molar-refractivity contribution in [3.05, 3.63) is 53.4 Å². The first kappa shape index (κ1) is 16.8. The van der Waals surface area contributed by atoms with Gasteiger partial charge in [0.05, 0.1) is 1.37 Å². The van der Waals surface area contributed by atoms with Crippen LogP contribution in [0.15, 0.2) is 42.7 Å². The summed E-state index contributed by atoms with van der Waals surface area (Å²) in [6, 6.07) is 7.45. The average molecular weight is 376 g/mol. The van der Waals surface area contributed by atoms with Gasteiger partial charge in [-0.3, -0.25) is 14.6 Å². The van der Waals surface area contributed by atoms with Crippen molar-refractivity contribution in [1.82, 2.24) is 14.9 Å². The topological polar surface area (TPSA) is 75.6 Å². The lowest BCUT2D eigenvalue weighted by Gasteiger charge is -2.27. The fraction of sp³-hybridized carbons (Fsp3) is 0.333. The zero-order valence-electron chi connectivity index (χ0n) is 15.3. The summed E-state index contributed by atoms with van der Waals surface area (Å²) in [5.74, 6) is -0.473. The van der Waals surface area contributed by atoms with Crippen LogP contribution in [0.5, 0.6) is 0 Å². The molecule has 1 fully saturated rings. The van der Waals surface area contributed by atoms with Crippen LogP contribution in [0.1, 0.15) is 19.8 Å². The van der Waals surface area contributed by atoms with E-state index in [4.69, 9.17) is 17.7 Å². The van der Waals surface area contributed by atoms with Crippen LogP contribution in [-0.2, 0) is 16.1 Å². The van der Waals surface area contributed by atoms with E-state index in [9.17, 15) is 9.59 Å². The minimum atomic E-state index is -1.77. The maximum atomic E-state index is 13.0. The minimum absolute atomic E-state index is 0.0492. The maximum Gasteiger partial charge on any atom is 0.410 e. The fourth-order valence-corrected chi connectivity index (χ4v) is 2.96. The summed E-state index contributed by atoms with van der Waals surface area (Å²) >= 11 is 6.00. The van der Waals surface area contributed by atoms with Crippen LogP contribution in [0.25, 0.3) is 0 Å². The lowest BCUT2D eigenvalue weighted by Crippen LogP contribution is -2.47. The zero-order chi connectivity index (χ0) is 19.4. The van der Waals surface area contributed by atoms with Gasteiger partial charge in [-0.25, -0.2) is 14.8 Å². The first-order valence-corrected chi connectivity index (χ1v) is 8.54. The van der Waals surface area contributed by atoms with Gasteiger partial charge in [0.2, 0.25) is 0 Å². The summed E-state index contributed by atoms with van der Waals surface area (Å²) in [6.07, 6.45) is 2.84. The first-order valence-electron chi connectivity index (χ1n) is 8.66. The van der Waals surface area contributed by atoms with E-state index in [-0.39, 0.29) is 30.5 Å². The number of amides is 2. The average Bonchev–Trinajstić information content (AvgIpc) is 3.09. The van der Waals surface area contributed by atoms with Crippen LogP contribution in [0.4, 0.5) is 10.6 Å². The summed E-state index contributed by atoms with van der Waals surface area (Å²) in [4.78, 5) is 35.7. The number of nitrogens with zero attached hydrogens (tertiary/aromatic N) is 4. The van der Waals surface area contributed by atoms with E-state index in [2.05, 4.69) is 9.97 Å². The third-order valence-corrected chi connectivity index (χ3v) is 4.32. The Hall–Kier alpha value is -2.67. The number of hydrogen-bond donors (Lipinski definition) is 0. The molecule has 1 aliphatic rings. The summed E-state index contributed by atoms with van der Waals surface area (Å²) in [5.41, 5.74) is 0.829. The highest BCUT2D eigenvalue weighted by Crippen LogP contribution is 2.25. The molecule has 1 aliphatic heterocycles. The van der Waals surface area contributed by atoms with Gasteiger partial charge in [0.1, 0.15) is 12.6 Å². The number of rotatable bonds is 4. The molecule has 3 rings (SSSR count). The largest absolute Gasteiger partial charge is 0.445 e. The SMILES string of the molecule is [2H][C@@]1(C(=O)N(C)c2nccnc2Cl)CCCN1C(=O)OCc1ccccc1. The molecule has 1 saturated heterocycles. The summed E-state index contributed by atoms with van der Waals surface area (Å²) in [7, 11) is 1.46. The number of carbonyl (C=O) groups is 2. The van der Waals surface area contributed by atoms with Crippen LogP contribution in [0, 0.1) is 0 Å². The Labute approximate surface area is 158 Å². The molecule has 0 spiro atoms. The number of benzene rings is 1. The number of aromatic nitrogens is 2. The molecular weight excluding hydrogens is 356 g/mol. The Bertz CT molecular complexity index is 838. The van der Waals surface area contributed by atoms with Gasteiger partial charge in [0, 0.05) is 26.0 Å². The Morgan fingerprint density at radius 3 is 2.81 bits per heavy atom. The molecule has 7 nitrogen and oxygen atoms in total. The third kappa shape index (κ3) is 3.94. The van der Waals surface area contributed by atoms with E-state index >= 15 is 0 Å². The third-order valence-electron chi connectivity index (χ3n) is 4.05. The molecule has 8 heteroatoms. The van der Waals surface area contributed by atoms with Crippen molar-refractivity contribution in [2.45, 2.75) is 25.5 Å². The lowest BCUT2D eigenvalue weighted by molar-refractivity contribution is -0.122. The van der Waals surface area contributed by atoms with Crippen molar-refractivity contribution in [2.75, 3.05) is 18.5 Å². The molecule has 0 saturated carbocycles. The number of hydrogen-bond acceptors (Lipinski definition) is 5. The first-order chi connectivity index (χ1) is 12.9. The standard InChI is InChI=1S/C18H19ClN4O3/c1-22(16-15(19)20-9-10-21-16)17(24)14-8-5-11-23(14)18(25)26-12-13-6-3-2-4-7-13/h2-4,6-7,9-10,14H,5,8,11-12H2,1H3/t14-/m0/s1/i14D. The van der Waals surface area contributed by atoms with Crippen molar-refractivity contribution in [3.63, 3.8) is 0 Å². The highest BCUT2D eigenvalue weighted by atomic mass is 35.5. The van der Waals surface area contributed by atoms with E-state index in [1.807, 2.05) is 30.3 Å². The van der Waals surface area contributed by atoms with Crippen LogP contribution in [0.3, 0.4) is 0 Å². The molecule has 136 valence electrons. The Balaban J connectivity index is 1.74. The number of likely N-dealkylation sites (tertiary alicyclic amines) is 1. The second-order valence-electron chi connectivity index (χ2n) is 5.78. The second-order valence-corrected chi connectivity index (χ2v) is 6.14. The highest BCUT2D eigenvalue weighted by molar-refractivity contribution is 6.32.